The van der Waals surface area contributed by atoms with Gasteiger partial charge in [-0.15, -0.1) is 0 Å². The molecule has 2 heterocycles. The van der Waals surface area contributed by atoms with Crippen molar-refractivity contribution in [1.29, 1.82) is 0 Å². The zero-order valence-electron chi connectivity index (χ0n) is 13.7. The number of hydrogen-bond donors (Lipinski definition) is 0. The van der Waals surface area contributed by atoms with Gasteiger partial charge in [0.25, 0.3) is 0 Å². The van der Waals surface area contributed by atoms with Gasteiger partial charge < -0.3 is 0 Å². The summed E-state index contributed by atoms with van der Waals surface area (Å²) in [6, 6.07) is 17.1. The SMILES string of the molecule is Cc1ccccc1-c1cc2c(SCc3ccccc3F)nccn2n1. The number of thioether (sulfide) groups is 1. The van der Waals surface area contributed by atoms with Gasteiger partial charge in [0, 0.05) is 23.7 Å². The third-order valence-electron chi connectivity index (χ3n) is 4.10. The minimum Gasteiger partial charge on any atom is -0.246 e. The Labute approximate surface area is 149 Å². The number of halogens is 1. The van der Waals surface area contributed by atoms with Crippen LogP contribution in [0.5, 0.6) is 0 Å². The molecule has 124 valence electrons. The van der Waals surface area contributed by atoms with Crippen LogP contribution in [-0.4, -0.2) is 14.6 Å². The zero-order chi connectivity index (χ0) is 17.2. The van der Waals surface area contributed by atoms with Crippen molar-refractivity contribution in [1.82, 2.24) is 14.6 Å². The van der Waals surface area contributed by atoms with Gasteiger partial charge in [0.05, 0.1) is 11.2 Å². The first-order valence-corrected chi connectivity index (χ1v) is 8.97. The summed E-state index contributed by atoms with van der Waals surface area (Å²) in [6.07, 6.45) is 3.57. The van der Waals surface area contributed by atoms with E-state index in [1.807, 2.05) is 35.0 Å². The lowest BCUT2D eigenvalue weighted by Gasteiger charge is -2.04. The predicted molar refractivity (Wildman–Crippen MR) is 99.1 cm³/mol. The van der Waals surface area contributed by atoms with Crippen LogP contribution in [0, 0.1) is 12.7 Å². The third kappa shape index (κ3) is 3.15. The summed E-state index contributed by atoms with van der Waals surface area (Å²) >= 11 is 1.52. The molecule has 5 heteroatoms. The van der Waals surface area contributed by atoms with Crippen LogP contribution in [0.2, 0.25) is 0 Å². The Hall–Kier alpha value is -2.66. The van der Waals surface area contributed by atoms with E-state index in [0.717, 1.165) is 21.8 Å². The summed E-state index contributed by atoms with van der Waals surface area (Å²) in [5.74, 6) is 0.348. The number of hydrogen-bond acceptors (Lipinski definition) is 3. The highest BCUT2D eigenvalue weighted by Crippen LogP contribution is 2.29. The fourth-order valence-corrected chi connectivity index (χ4v) is 3.72. The van der Waals surface area contributed by atoms with Crippen LogP contribution in [0.1, 0.15) is 11.1 Å². The fraction of sp³-hybridized carbons (Fsp3) is 0.100. The first-order valence-electron chi connectivity index (χ1n) is 7.99. The van der Waals surface area contributed by atoms with Gasteiger partial charge in [-0.2, -0.15) is 5.10 Å². The van der Waals surface area contributed by atoms with Crippen molar-refractivity contribution in [3.05, 3.63) is 83.9 Å². The maximum Gasteiger partial charge on any atom is 0.127 e. The van der Waals surface area contributed by atoms with Crippen molar-refractivity contribution in [3.63, 3.8) is 0 Å². The summed E-state index contributed by atoms with van der Waals surface area (Å²) in [7, 11) is 0. The molecule has 0 amide bonds. The van der Waals surface area contributed by atoms with E-state index < -0.39 is 0 Å². The Balaban J connectivity index is 1.69. The van der Waals surface area contributed by atoms with Crippen molar-refractivity contribution in [3.8, 4) is 11.3 Å². The molecule has 3 nitrogen and oxygen atoms in total. The smallest absolute Gasteiger partial charge is 0.127 e. The van der Waals surface area contributed by atoms with Crippen LogP contribution < -0.4 is 0 Å². The number of rotatable bonds is 4. The standard InChI is InChI=1S/C20H16FN3S/c1-14-6-2-4-8-16(14)18-12-19-20(22-10-11-24(19)23-18)25-13-15-7-3-5-9-17(15)21/h2-12H,13H2,1H3. The second-order valence-corrected chi connectivity index (χ2v) is 6.75. The van der Waals surface area contributed by atoms with Crippen molar-refractivity contribution < 1.29 is 4.39 Å². The molecular weight excluding hydrogens is 333 g/mol. The van der Waals surface area contributed by atoms with Gasteiger partial charge in [-0.05, 0) is 30.2 Å². The van der Waals surface area contributed by atoms with E-state index in [1.54, 1.807) is 18.3 Å². The molecular formula is C20H16FN3S. The van der Waals surface area contributed by atoms with Gasteiger partial charge in [0.15, 0.2) is 0 Å². The minimum absolute atomic E-state index is 0.184. The molecule has 4 rings (SSSR count). The molecule has 0 aliphatic carbocycles. The molecule has 0 bridgehead atoms. The number of aromatic nitrogens is 3. The lowest BCUT2D eigenvalue weighted by molar-refractivity contribution is 0.617. The Bertz CT molecular complexity index is 1040. The van der Waals surface area contributed by atoms with Crippen LogP contribution in [0.4, 0.5) is 4.39 Å². The monoisotopic (exact) mass is 349 g/mol. The molecule has 0 saturated carbocycles. The maximum absolute atomic E-state index is 13.8. The van der Waals surface area contributed by atoms with Crippen LogP contribution in [0.25, 0.3) is 16.8 Å². The lowest BCUT2D eigenvalue weighted by Crippen LogP contribution is -1.92. The van der Waals surface area contributed by atoms with E-state index in [2.05, 4.69) is 29.1 Å². The molecule has 2 aromatic heterocycles. The Kier molecular flexibility index (Phi) is 4.24. The fourth-order valence-electron chi connectivity index (χ4n) is 2.76. The number of fused-ring (bicyclic) bond motifs is 1. The normalized spacial score (nSPS) is 11.1. The lowest BCUT2D eigenvalue weighted by atomic mass is 10.1. The van der Waals surface area contributed by atoms with E-state index in [0.29, 0.717) is 11.3 Å². The largest absolute Gasteiger partial charge is 0.246 e. The molecule has 0 atom stereocenters. The van der Waals surface area contributed by atoms with Crippen LogP contribution in [0.15, 0.2) is 72.0 Å². The zero-order valence-corrected chi connectivity index (χ0v) is 14.5. The molecule has 0 aliphatic rings. The first-order chi connectivity index (χ1) is 12.2. The molecule has 0 radical (unpaired) electrons. The molecule has 4 aromatic rings. The first kappa shape index (κ1) is 15.8. The van der Waals surface area contributed by atoms with Crippen LogP contribution in [-0.2, 0) is 5.75 Å². The third-order valence-corrected chi connectivity index (χ3v) is 5.14. The van der Waals surface area contributed by atoms with Gasteiger partial charge in [0.2, 0.25) is 0 Å². The van der Waals surface area contributed by atoms with E-state index in [1.165, 1.54) is 23.4 Å². The van der Waals surface area contributed by atoms with Crippen molar-refractivity contribution in [2.75, 3.05) is 0 Å². The molecule has 0 fully saturated rings. The highest BCUT2D eigenvalue weighted by Gasteiger charge is 2.11. The second-order valence-electron chi connectivity index (χ2n) is 5.79. The summed E-state index contributed by atoms with van der Waals surface area (Å²) in [6.45, 7) is 2.07. The van der Waals surface area contributed by atoms with Gasteiger partial charge in [0.1, 0.15) is 10.8 Å². The molecule has 0 N–H and O–H groups in total. The molecule has 0 unspecified atom stereocenters. The summed E-state index contributed by atoms with van der Waals surface area (Å²) < 4.78 is 15.7. The summed E-state index contributed by atoms with van der Waals surface area (Å²) in [5, 5.41) is 5.51. The topological polar surface area (TPSA) is 30.2 Å². The summed E-state index contributed by atoms with van der Waals surface area (Å²) in [5.41, 5.74) is 4.81. The van der Waals surface area contributed by atoms with Gasteiger partial charge in [-0.1, -0.05) is 54.2 Å². The second kappa shape index (κ2) is 6.69. The Morgan fingerprint density at radius 3 is 2.72 bits per heavy atom. The molecule has 25 heavy (non-hydrogen) atoms. The molecule has 0 saturated heterocycles. The van der Waals surface area contributed by atoms with Gasteiger partial charge in [-0.25, -0.2) is 13.9 Å². The van der Waals surface area contributed by atoms with E-state index in [-0.39, 0.29) is 5.82 Å². The van der Waals surface area contributed by atoms with Crippen molar-refractivity contribution in [2.45, 2.75) is 17.7 Å². The predicted octanol–water partition coefficient (Wildman–Crippen LogP) is 5.14. The Morgan fingerprint density at radius 2 is 1.88 bits per heavy atom. The summed E-state index contributed by atoms with van der Waals surface area (Å²) in [4.78, 5) is 4.46. The van der Waals surface area contributed by atoms with Crippen LogP contribution >= 0.6 is 11.8 Å². The minimum atomic E-state index is -0.184. The van der Waals surface area contributed by atoms with E-state index in [4.69, 9.17) is 0 Å². The molecule has 0 aliphatic heterocycles. The number of nitrogens with zero attached hydrogens (tertiary/aromatic N) is 3. The average Bonchev–Trinajstić information content (AvgIpc) is 3.06. The van der Waals surface area contributed by atoms with Crippen molar-refractivity contribution in [2.24, 2.45) is 0 Å². The molecule has 2 aromatic carbocycles. The van der Waals surface area contributed by atoms with Gasteiger partial charge >= 0.3 is 0 Å². The number of aryl methyl sites for hydroxylation is 1. The van der Waals surface area contributed by atoms with Crippen molar-refractivity contribution >= 4 is 17.3 Å². The number of benzene rings is 2. The van der Waals surface area contributed by atoms with Crippen LogP contribution in [0.3, 0.4) is 0 Å². The highest BCUT2D eigenvalue weighted by atomic mass is 32.2. The maximum atomic E-state index is 13.8. The Morgan fingerprint density at radius 1 is 1.08 bits per heavy atom. The quantitative estimate of drug-likeness (QED) is 0.478. The average molecular weight is 349 g/mol. The van der Waals surface area contributed by atoms with E-state index >= 15 is 0 Å². The van der Waals surface area contributed by atoms with Gasteiger partial charge in [-0.3, -0.25) is 0 Å². The van der Waals surface area contributed by atoms with E-state index in [9.17, 15) is 4.39 Å². The highest BCUT2D eigenvalue weighted by molar-refractivity contribution is 7.98. The molecule has 0 spiro atoms.